The van der Waals surface area contributed by atoms with Crippen molar-refractivity contribution in [3.63, 3.8) is 0 Å². The van der Waals surface area contributed by atoms with E-state index in [9.17, 15) is 21.6 Å². The average Bonchev–Trinajstić information content (AvgIpc) is 2.77. The van der Waals surface area contributed by atoms with E-state index in [0.29, 0.717) is 11.3 Å². The number of alkyl halides is 3. The largest absolute Gasteiger partial charge is 0.389 e. The average molecular weight is 321 g/mol. The molecule has 2 rings (SSSR count). The summed E-state index contributed by atoms with van der Waals surface area (Å²) in [6.45, 7) is -0.0803. The fraction of sp³-hybridized carbons (Fsp3) is 0.417. The Hall–Kier alpha value is -1.61. The molecule has 0 saturated carbocycles. The molecule has 1 aromatic heterocycles. The lowest BCUT2D eigenvalue weighted by Gasteiger charge is -2.07. The minimum absolute atomic E-state index is 0.0803. The molecule has 0 saturated heterocycles. The lowest BCUT2D eigenvalue weighted by atomic mass is 10.3. The number of rotatable bonds is 6. The molecule has 9 heteroatoms. The highest BCUT2D eigenvalue weighted by Crippen LogP contribution is 2.21. The summed E-state index contributed by atoms with van der Waals surface area (Å²) in [5, 5.41) is 0. The Kier molecular flexibility index (Phi) is 4.52. The Morgan fingerprint density at radius 1 is 1.24 bits per heavy atom. The van der Waals surface area contributed by atoms with E-state index >= 15 is 0 Å². The first-order valence-corrected chi connectivity index (χ1v) is 7.88. The quantitative estimate of drug-likeness (QED) is 0.857. The van der Waals surface area contributed by atoms with Crippen molar-refractivity contribution in [3.05, 3.63) is 30.1 Å². The van der Waals surface area contributed by atoms with Crippen LogP contribution in [-0.4, -0.2) is 30.3 Å². The van der Waals surface area contributed by atoms with Crippen LogP contribution in [-0.2, 0) is 16.6 Å². The number of halogens is 3. The molecule has 0 aliphatic heterocycles. The van der Waals surface area contributed by atoms with Crippen molar-refractivity contribution < 1.29 is 21.6 Å². The van der Waals surface area contributed by atoms with Crippen LogP contribution in [0.25, 0.3) is 11.0 Å². The van der Waals surface area contributed by atoms with E-state index in [1.165, 1.54) is 0 Å². The van der Waals surface area contributed by atoms with E-state index in [-0.39, 0.29) is 6.54 Å². The van der Waals surface area contributed by atoms with Crippen molar-refractivity contribution >= 4 is 21.1 Å². The van der Waals surface area contributed by atoms with Gasteiger partial charge in [-0.2, -0.15) is 13.2 Å². The zero-order valence-electron chi connectivity index (χ0n) is 10.9. The molecule has 1 heterocycles. The van der Waals surface area contributed by atoms with E-state index in [1.807, 2.05) is 6.07 Å². The van der Waals surface area contributed by atoms with Gasteiger partial charge in [-0.3, -0.25) is 0 Å². The van der Waals surface area contributed by atoms with Gasteiger partial charge in [0.05, 0.1) is 23.3 Å². The first-order valence-electron chi connectivity index (χ1n) is 6.23. The number of para-hydroxylation sites is 2. The highest BCUT2D eigenvalue weighted by Gasteiger charge is 2.27. The van der Waals surface area contributed by atoms with Crippen molar-refractivity contribution in [1.82, 2.24) is 14.7 Å². The minimum atomic E-state index is -4.34. The van der Waals surface area contributed by atoms with Crippen molar-refractivity contribution in [2.45, 2.75) is 25.6 Å². The van der Waals surface area contributed by atoms with Crippen LogP contribution in [0.15, 0.2) is 24.3 Å². The number of nitrogens with zero attached hydrogens (tertiary/aromatic N) is 1. The number of benzene rings is 1. The van der Waals surface area contributed by atoms with Gasteiger partial charge in [-0.1, -0.05) is 12.1 Å². The topological polar surface area (TPSA) is 74.8 Å². The number of aromatic nitrogens is 2. The van der Waals surface area contributed by atoms with Crippen LogP contribution < -0.4 is 4.72 Å². The van der Waals surface area contributed by atoms with Crippen LogP contribution >= 0.6 is 0 Å². The Labute approximate surface area is 119 Å². The summed E-state index contributed by atoms with van der Waals surface area (Å²) in [7, 11) is -3.75. The van der Waals surface area contributed by atoms with Gasteiger partial charge >= 0.3 is 6.18 Å². The van der Waals surface area contributed by atoms with Gasteiger partial charge in [-0.25, -0.2) is 18.1 Å². The molecular formula is C12H14F3N3O2S. The Morgan fingerprint density at radius 2 is 1.95 bits per heavy atom. The fourth-order valence-electron chi connectivity index (χ4n) is 1.80. The van der Waals surface area contributed by atoms with Gasteiger partial charge < -0.3 is 4.98 Å². The smallest absolute Gasteiger partial charge is 0.341 e. The zero-order chi connectivity index (χ0) is 15.5. The summed E-state index contributed by atoms with van der Waals surface area (Å²) < 4.78 is 61.3. The molecule has 116 valence electrons. The van der Waals surface area contributed by atoms with Crippen molar-refractivity contribution in [2.75, 3.05) is 5.75 Å². The van der Waals surface area contributed by atoms with Gasteiger partial charge in [0.15, 0.2) is 0 Å². The Balaban J connectivity index is 1.89. The van der Waals surface area contributed by atoms with E-state index in [1.54, 1.807) is 18.2 Å². The van der Waals surface area contributed by atoms with Gasteiger partial charge in [0.1, 0.15) is 5.82 Å². The fourth-order valence-corrected chi connectivity index (χ4v) is 2.83. The van der Waals surface area contributed by atoms with Crippen LogP contribution in [0.4, 0.5) is 13.2 Å². The highest BCUT2D eigenvalue weighted by atomic mass is 32.2. The standard InChI is InChI=1S/C12H14F3N3O2S/c13-12(14,15)6-3-7-21(19,20)16-8-11-17-9-4-1-2-5-10(9)18-11/h1-2,4-5,16H,3,6-8H2,(H,17,18). The third kappa shape index (κ3) is 5.01. The van der Waals surface area contributed by atoms with Crippen LogP contribution in [0.3, 0.4) is 0 Å². The summed E-state index contributed by atoms with van der Waals surface area (Å²) in [6.07, 6.45) is -5.91. The van der Waals surface area contributed by atoms with Crippen molar-refractivity contribution in [1.29, 1.82) is 0 Å². The van der Waals surface area contributed by atoms with E-state index in [4.69, 9.17) is 0 Å². The number of aromatic amines is 1. The molecule has 0 spiro atoms. The molecule has 0 fully saturated rings. The molecule has 21 heavy (non-hydrogen) atoms. The normalized spacial score (nSPS) is 12.9. The first kappa shape index (κ1) is 15.8. The number of fused-ring (bicyclic) bond motifs is 1. The predicted octanol–water partition coefficient (Wildman–Crippen LogP) is 2.32. The number of sulfonamides is 1. The number of imidazole rings is 1. The van der Waals surface area contributed by atoms with Crippen LogP contribution in [0.1, 0.15) is 18.7 Å². The molecule has 0 aliphatic rings. The molecule has 0 bridgehead atoms. The molecule has 0 aliphatic carbocycles. The zero-order valence-corrected chi connectivity index (χ0v) is 11.8. The van der Waals surface area contributed by atoms with Gasteiger partial charge in [-0.05, 0) is 18.6 Å². The molecule has 5 nitrogen and oxygen atoms in total. The van der Waals surface area contributed by atoms with Crippen molar-refractivity contribution in [3.8, 4) is 0 Å². The minimum Gasteiger partial charge on any atom is -0.341 e. The Bertz CT molecular complexity index is 677. The molecule has 0 amide bonds. The van der Waals surface area contributed by atoms with Crippen LogP contribution in [0.2, 0.25) is 0 Å². The molecule has 2 aromatic rings. The first-order chi connectivity index (χ1) is 9.75. The number of hydrogen-bond acceptors (Lipinski definition) is 3. The molecule has 1 aromatic carbocycles. The molecule has 2 N–H and O–H groups in total. The third-order valence-corrected chi connectivity index (χ3v) is 4.18. The lowest BCUT2D eigenvalue weighted by molar-refractivity contribution is -0.134. The Morgan fingerprint density at radius 3 is 2.62 bits per heavy atom. The van der Waals surface area contributed by atoms with Gasteiger partial charge in [0, 0.05) is 6.42 Å². The van der Waals surface area contributed by atoms with Gasteiger partial charge in [0.2, 0.25) is 10.0 Å². The second kappa shape index (κ2) is 6.02. The molecular weight excluding hydrogens is 307 g/mol. The second-order valence-electron chi connectivity index (χ2n) is 4.56. The van der Waals surface area contributed by atoms with Crippen LogP contribution in [0.5, 0.6) is 0 Å². The number of hydrogen-bond donors (Lipinski definition) is 2. The maximum Gasteiger partial charge on any atom is 0.389 e. The van der Waals surface area contributed by atoms with E-state index in [0.717, 1.165) is 5.52 Å². The van der Waals surface area contributed by atoms with Gasteiger partial charge in [-0.15, -0.1) is 0 Å². The predicted molar refractivity (Wildman–Crippen MR) is 72.0 cm³/mol. The maximum atomic E-state index is 12.0. The summed E-state index contributed by atoms with van der Waals surface area (Å²) >= 11 is 0. The summed E-state index contributed by atoms with van der Waals surface area (Å²) in [5.41, 5.74) is 1.47. The van der Waals surface area contributed by atoms with Crippen molar-refractivity contribution in [2.24, 2.45) is 0 Å². The second-order valence-corrected chi connectivity index (χ2v) is 6.49. The highest BCUT2D eigenvalue weighted by molar-refractivity contribution is 7.89. The third-order valence-electron chi connectivity index (χ3n) is 2.77. The molecule has 0 atom stereocenters. The van der Waals surface area contributed by atoms with Gasteiger partial charge in [0.25, 0.3) is 0 Å². The summed E-state index contributed by atoms with van der Waals surface area (Å²) in [6, 6.07) is 7.18. The summed E-state index contributed by atoms with van der Waals surface area (Å²) in [4.78, 5) is 7.10. The van der Waals surface area contributed by atoms with E-state index in [2.05, 4.69) is 14.7 Å². The van der Waals surface area contributed by atoms with E-state index < -0.39 is 34.8 Å². The summed E-state index contributed by atoms with van der Waals surface area (Å²) in [5.74, 6) is -0.150. The van der Waals surface area contributed by atoms with Crippen LogP contribution in [0, 0.1) is 0 Å². The molecule has 0 unspecified atom stereocenters. The SMILES string of the molecule is O=S(=O)(CCCC(F)(F)F)NCc1nc2ccccc2[nH]1. The lowest BCUT2D eigenvalue weighted by Crippen LogP contribution is -2.27. The number of nitrogens with one attached hydrogen (secondary N) is 2. The number of H-pyrrole nitrogens is 1. The maximum absolute atomic E-state index is 12.0. The molecule has 0 radical (unpaired) electrons. The monoisotopic (exact) mass is 321 g/mol.